The number of nitrogens with one attached hydrogen (secondary N) is 1. The molecule has 23 heavy (non-hydrogen) atoms. The fraction of sp³-hybridized carbons (Fsp3) is 0.176. The number of aryl methyl sites for hydroxylation is 1. The summed E-state index contributed by atoms with van der Waals surface area (Å²) in [7, 11) is 0. The smallest absolute Gasteiger partial charge is 0.221 e. The van der Waals surface area contributed by atoms with E-state index in [0.717, 1.165) is 5.56 Å². The highest BCUT2D eigenvalue weighted by Gasteiger charge is 2.30. The minimum atomic E-state index is -1.39. The molecular weight excluding hydrogens is 312 g/mol. The molecule has 2 rings (SSSR count). The highest BCUT2D eigenvalue weighted by molar-refractivity contribution is 7.12. The minimum Gasteiger partial charge on any atom is -0.326 e. The molecule has 1 unspecified atom stereocenters. The number of anilines is 1. The monoisotopic (exact) mass is 326 g/mol. The van der Waals surface area contributed by atoms with Gasteiger partial charge in [-0.15, -0.1) is 11.3 Å². The highest BCUT2D eigenvalue weighted by Crippen LogP contribution is 2.23. The lowest BCUT2D eigenvalue weighted by Gasteiger charge is -2.09. The van der Waals surface area contributed by atoms with Crippen LogP contribution in [0.2, 0.25) is 0 Å². The topological polar surface area (TPSA) is 87.0 Å². The van der Waals surface area contributed by atoms with Gasteiger partial charge in [-0.05, 0) is 36.1 Å². The molecule has 0 saturated heterocycles. The SMILES string of the molecule is CC(=O)Nc1cccc(C(=O)C(C#N)C(=O)c2sccc2C)c1. The number of nitriles is 1. The van der Waals surface area contributed by atoms with Crippen LogP contribution < -0.4 is 5.32 Å². The minimum absolute atomic E-state index is 0.213. The van der Waals surface area contributed by atoms with E-state index in [0.29, 0.717) is 10.6 Å². The first-order valence-corrected chi connectivity index (χ1v) is 7.71. The number of Topliss-reactive ketones (excluding diaryl/α,β-unsaturated/α-hetero) is 2. The second-order valence-electron chi connectivity index (χ2n) is 4.99. The number of hydrogen-bond donors (Lipinski definition) is 1. The number of nitrogens with zero attached hydrogens (tertiary/aromatic N) is 1. The maximum Gasteiger partial charge on any atom is 0.221 e. The van der Waals surface area contributed by atoms with Gasteiger partial charge in [0.05, 0.1) is 10.9 Å². The molecule has 1 aromatic heterocycles. The maximum atomic E-state index is 12.5. The van der Waals surface area contributed by atoms with Crippen LogP contribution in [0.4, 0.5) is 5.69 Å². The summed E-state index contributed by atoms with van der Waals surface area (Å²) < 4.78 is 0. The van der Waals surface area contributed by atoms with Gasteiger partial charge in [-0.3, -0.25) is 14.4 Å². The van der Waals surface area contributed by atoms with Crippen LogP contribution in [0.5, 0.6) is 0 Å². The average molecular weight is 326 g/mol. The van der Waals surface area contributed by atoms with Crippen LogP contribution in [0, 0.1) is 24.2 Å². The standard InChI is InChI=1S/C17H14N2O3S/c1-10-6-7-23-17(10)16(22)14(9-18)15(21)12-4-3-5-13(8-12)19-11(2)20/h3-8,14H,1-2H3,(H,19,20). The largest absolute Gasteiger partial charge is 0.326 e. The molecule has 0 aliphatic carbocycles. The zero-order valence-electron chi connectivity index (χ0n) is 12.6. The molecule has 0 fully saturated rings. The molecular formula is C17H14N2O3S. The fourth-order valence-corrected chi connectivity index (χ4v) is 3.01. The second kappa shape index (κ2) is 6.99. The Morgan fingerprint density at radius 1 is 1.22 bits per heavy atom. The Labute approximate surface area is 137 Å². The summed E-state index contributed by atoms with van der Waals surface area (Å²) in [6.07, 6.45) is 0. The molecule has 0 radical (unpaired) electrons. The summed E-state index contributed by atoms with van der Waals surface area (Å²) in [6.45, 7) is 3.12. The average Bonchev–Trinajstić information content (AvgIpc) is 2.93. The van der Waals surface area contributed by atoms with E-state index in [1.165, 1.54) is 30.4 Å². The van der Waals surface area contributed by atoms with E-state index < -0.39 is 17.5 Å². The van der Waals surface area contributed by atoms with Gasteiger partial charge in [-0.25, -0.2) is 0 Å². The molecule has 1 atom stereocenters. The van der Waals surface area contributed by atoms with Gasteiger partial charge in [-0.1, -0.05) is 12.1 Å². The number of amides is 1. The summed E-state index contributed by atoms with van der Waals surface area (Å²) in [5, 5.41) is 13.6. The summed E-state index contributed by atoms with van der Waals surface area (Å²) in [6, 6.07) is 9.77. The summed E-state index contributed by atoms with van der Waals surface area (Å²) in [4.78, 5) is 36.4. The summed E-state index contributed by atoms with van der Waals surface area (Å²) in [5.74, 6) is -2.72. The maximum absolute atomic E-state index is 12.5. The van der Waals surface area contributed by atoms with Crippen molar-refractivity contribution in [3.8, 4) is 6.07 Å². The van der Waals surface area contributed by atoms with Gasteiger partial charge in [0.15, 0.2) is 17.5 Å². The molecule has 1 heterocycles. The van der Waals surface area contributed by atoms with Crippen LogP contribution in [0.3, 0.4) is 0 Å². The van der Waals surface area contributed by atoms with Crippen molar-refractivity contribution >= 4 is 34.5 Å². The molecule has 1 amide bonds. The van der Waals surface area contributed by atoms with Crippen LogP contribution in [0.15, 0.2) is 35.7 Å². The van der Waals surface area contributed by atoms with E-state index in [4.69, 9.17) is 0 Å². The molecule has 1 aromatic carbocycles. The second-order valence-corrected chi connectivity index (χ2v) is 5.90. The molecule has 0 aliphatic heterocycles. The molecule has 0 saturated carbocycles. The van der Waals surface area contributed by atoms with Gasteiger partial charge >= 0.3 is 0 Å². The van der Waals surface area contributed by atoms with Gasteiger partial charge in [0.2, 0.25) is 5.91 Å². The van der Waals surface area contributed by atoms with Gasteiger partial charge in [0.25, 0.3) is 0 Å². The quantitative estimate of drug-likeness (QED) is 0.675. The molecule has 0 aliphatic rings. The first-order valence-electron chi connectivity index (χ1n) is 6.84. The van der Waals surface area contributed by atoms with Crippen molar-refractivity contribution in [3.05, 3.63) is 51.7 Å². The molecule has 2 aromatic rings. The summed E-state index contributed by atoms with van der Waals surface area (Å²) >= 11 is 1.22. The van der Waals surface area contributed by atoms with Gasteiger partial charge in [-0.2, -0.15) is 5.26 Å². The van der Waals surface area contributed by atoms with Crippen LogP contribution in [-0.2, 0) is 4.79 Å². The predicted octanol–water partition coefficient (Wildman–Crippen LogP) is 3.22. The Morgan fingerprint density at radius 2 is 1.96 bits per heavy atom. The number of carbonyl (C=O) groups excluding carboxylic acids is 3. The Hall–Kier alpha value is -2.78. The van der Waals surface area contributed by atoms with E-state index in [1.807, 2.05) is 0 Å². The third-order valence-corrected chi connectivity index (χ3v) is 4.24. The number of ketones is 2. The van der Waals surface area contributed by atoms with Crippen LogP contribution in [0.1, 0.15) is 32.5 Å². The normalized spacial score (nSPS) is 11.3. The van der Waals surface area contributed by atoms with E-state index in [-0.39, 0.29) is 11.5 Å². The van der Waals surface area contributed by atoms with Crippen molar-refractivity contribution in [2.75, 3.05) is 5.32 Å². The van der Waals surface area contributed by atoms with Crippen LogP contribution in [-0.4, -0.2) is 17.5 Å². The Balaban J connectivity index is 2.31. The predicted molar refractivity (Wildman–Crippen MR) is 87.6 cm³/mol. The zero-order valence-corrected chi connectivity index (χ0v) is 13.4. The van der Waals surface area contributed by atoms with Crippen LogP contribution >= 0.6 is 11.3 Å². The Kier molecular flexibility index (Phi) is 5.04. The van der Waals surface area contributed by atoms with Crippen molar-refractivity contribution in [3.63, 3.8) is 0 Å². The van der Waals surface area contributed by atoms with Crippen molar-refractivity contribution in [1.82, 2.24) is 0 Å². The number of thiophene rings is 1. The lowest BCUT2D eigenvalue weighted by Crippen LogP contribution is -2.23. The fourth-order valence-electron chi connectivity index (χ4n) is 2.11. The Morgan fingerprint density at radius 3 is 2.52 bits per heavy atom. The van der Waals surface area contributed by atoms with E-state index >= 15 is 0 Å². The van der Waals surface area contributed by atoms with Crippen molar-refractivity contribution < 1.29 is 14.4 Å². The number of hydrogen-bond acceptors (Lipinski definition) is 5. The first kappa shape index (κ1) is 16.6. The lowest BCUT2D eigenvalue weighted by molar-refractivity contribution is -0.114. The molecule has 0 spiro atoms. The Bertz CT molecular complexity index is 817. The highest BCUT2D eigenvalue weighted by atomic mass is 32.1. The number of carbonyl (C=O) groups is 3. The molecule has 5 nitrogen and oxygen atoms in total. The first-order chi connectivity index (χ1) is 10.9. The van der Waals surface area contributed by atoms with Crippen molar-refractivity contribution in [2.24, 2.45) is 5.92 Å². The van der Waals surface area contributed by atoms with Gasteiger partial charge < -0.3 is 5.32 Å². The molecule has 0 bridgehead atoms. The van der Waals surface area contributed by atoms with Gasteiger partial charge in [0, 0.05) is 18.2 Å². The van der Waals surface area contributed by atoms with Gasteiger partial charge in [0.1, 0.15) is 0 Å². The van der Waals surface area contributed by atoms with Crippen LogP contribution in [0.25, 0.3) is 0 Å². The van der Waals surface area contributed by atoms with E-state index in [2.05, 4.69) is 5.32 Å². The van der Waals surface area contributed by atoms with E-state index in [9.17, 15) is 19.6 Å². The lowest BCUT2D eigenvalue weighted by atomic mass is 9.93. The summed E-state index contributed by atoms with van der Waals surface area (Å²) in [5.41, 5.74) is 1.41. The van der Waals surface area contributed by atoms with Crippen molar-refractivity contribution in [2.45, 2.75) is 13.8 Å². The molecule has 1 N–H and O–H groups in total. The number of benzene rings is 1. The third-order valence-electron chi connectivity index (χ3n) is 3.21. The molecule has 6 heteroatoms. The third kappa shape index (κ3) is 3.71. The van der Waals surface area contributed by atoms with E-state index in [1.54, 1.807) is 36.6 Å². The molecule has 116 valence electrons. The number of rotatable bonds is 5. The van der Waals surface area contributed by atoms with Crippen molar-refractivity contribution in [1.29, 1.82) is 5.26 Å². The zero-order chi connectivity index (χ0) is 17.0.